The maximum absolute atomic E-state index is 3.61. The summed E-state index contributed by atoms with van der Waals surface area (Å²) >= 11 is 3.38. The Labute approximate surface area is 93.3 Å². The minimum absolute atomic E-state index is 0.697. The van der Waals surface area contributed by atoms with Gasteiger partial charge in [-0.2, -0.15) is 0 Å². The third-order valence-corrected chi connectivity index (χ3v) is 2.11. The molecule has 1 aromatic rings. The molecule has 0 aliphatic heterocycles. The Morgan fingerprint density at radius 2 is 2.07 bits per heavy atom. The smallest absolute Gasteiger partial charge is 0.0582 e. The fourth-order valence-corrected chi connectivity index (χ4v) is 1.18. The molecule has 0 fully saturated rings. The molecule has 0 radical (unpaired) electrons. The van der Waals surface area contributed by atoms with E-state index in [9.17, 15) is 0 Å². The van der Waals surface area contributed by atoms with Crippen LogP contribution in [-0.2, 0) is 0 Å². The van der Waals surface area contributed by atoms with E-state index in [1.54, 1.807) is 0 Å². The van der Waals surface area contributed by atoms with Crippen molar-refractivity contribution in [2.45, 2.75) is 0 Å². The van der Waals surface area contributed by atoms with Crippen LogP contribution in [0.4, 0.5) is 0 Å². The van der Waals surface area contributed by atoms with Gasteiger partial charge in [-0.25, -0.2) is 0 Å². The van der Waals surface area contributed by atoms with Crippen LogP contribution in [0.25, 0.3) is 0 Å². The molecule has 14 heavy (non-hydrogen) atoms. The van der Waals surface area contributed by atoms with Gasteiger partial charge < -0.3 is 5.32 Å². The van der Waals surface area contributed by atoms with Crippen LogP contribution in [0.15, 0.2) is 41.4 Å². The molecule has 0 aliphatic carbocycles. The molecule has 0 atom stereocenters. The van der Waals surface area contributed by atoms with Gasteiger partial charge in [-0.3, -0.25) is 0 Å². The molecule has 1 nitrogen and oxygen atoms in total. The van der Waals surface area contributed by atoms with Crippen LogP contribution in [-0.4, -0.2) is 13.1 Å². The van der Waals surface area contributed by atoms with E-state index in [1.165, 1.54) is 0 Å². The summed E-state index contributed by atoms with van der Waals surface area (Å²) in [6, 6.07) is 7.96. The van der Waals surface area contributed by atoms with Gasteiger partial charge in [-0.15, -0.1) is 6.58 Å². The Bertz CT molecular complexity index is 343. The van der Waals surface area contributed by atoms with E-state index in [0.717, 1.165) is 16.6 Å². The number of halogens is 1. The van der Waals surface area contributed by atoms with Crippen molar-refractivity contribution in [2.75, 3.05) is 13.1 Å². The molecule has 1 aromatic carbocycles. The zero-order valence-electron chi connectivity index (χ0n) is 7.89. The molecule has 0 bridgehead atoms. The van der Waals surface area contributed by atoms with Crippen molar-refractivity contribution in [3.05, 3.63) is 47.0 Å². The lowest BCUT2D eigenvalue weighted by molar-refractivity contribution is 0.858. The molecular formula is C12H12BrN. The van der Waals surface area contributed by atoms with Gasteiger partial charge in [0.05, 0.1) is 6.54 Å². The number of benzene rings is 1. The highest BCUT2D eigenvalue weighted by atomic mass is 79.9. The lowest BCUT2D eigenvalue weighted by Crippen LogP contribution is -2.12. The van der Waals surface area contributed by atoms with Gasteiger partial charge in [0.25, 0.3) is 0 Å². The zero-order chi connectivity index (χ0) is 10.2. The molecular weight excluding hydrogens is 238 g/mol. The lowest BCUT2D eigenvalue weighted by atomic mass is 10.2. The largest absolute Gasteiger partial charge is 0.303 e. The van der Waals surface area contributed by atoms with Crippen molar-refractivity contribution in [2.24, 2.45) is 0 Å². The van der Waals surface area contributed by atoms with Crippen LogP contribution in [0.5, 0.6) is 0 Å². The average molecular weight is 250 g/mol. The predicted octanol–water partition coefficient (Wildman–Crippen LogP) is 2.58. The second-order valence-corrected chi connectivity index (χ2v) is 3.64. The maximum atomic E-state index is 3.61. The van der Waals surface area contributed by atoms with Gasteiger partial charge >= 0.3 is 0 Å². The Morgan fingerprint density at radius 1 is 1.36 bits per heavy atom. The summed E-state index contributed by atoms with van der Waals surface area (Å²) in [5.41, 5.74) is 1.04. The molecule has 1 N–H and O–H groups in total. The molecule has 1 rings (SSSR count). The molecule has 0 aromatic heterocycles. The molecule has 0 saturated heterocycles. The highest BCUT2D eigenvalue weighted by Crippen LogP contribution is 2.09. The second-order valence-electron chi connectivity index (χ2n) is 2.73. The van der Waals surface area contributed by atoms with E-state index < -0.39 is 0 Å². The number of rotatable bonds is 3. The van der Waals surface area contributed by atoms with Crippen molar-refractivity contribution >= 4 is 15.9 Å². The minimum atomic E-state index is 0.697. The monoisotopic (exact) mass is 249 g/mol. The molecule has 2 heteroatoms. The maximum Gasteiger partial charge on any atom is 0.0582 e. The van der Waals surface area contributed by atoms with Crippen molar-refractivity contribution < 1.29 is 0 Å². The Morgan fingerprint density at radius 3 is 2.71 bits per heavy atom. The van der Waals surface area contributed by atoms with E-state index in [4.69, 9.17) is 0 Å². The molecule has 0 saturated carbocycles. The van der Waals surface area contributed by atoms with Crippen LogP contribution in [0, 0.1) is 11.8 Å². The number of hydrogen-bond acceptors (Lipinski definition) is 1. The number of nitrogens with one attached hydrogen (secondary N) is 1. The van der Waals surface area contributed by atoms with Gasteiger partial charge in [0.15, 0.2) is 0 Å². The van der Waals surface area contributed by atoms with Gasteiger partial charge in [-0.1, -0.05) is 33.8 Å². The first-order valence-corrected chi connectivity index (χ1v) is 5.18. The highest BCUT2D eigenvalue weighted by molar-refractivity contribution is 9.10. The lowest BCUT2D eigenvalue weighted by Gasteiger charge is -1.92. The summed E-state index contributed by atoms with van der Waals surface area (Å²) in [5, 5.41) is 3.12. The zero-order valence-corrected chi connectivity index (χ0v) is 9.47. The fourth-order valence-electron chi connectivity index (χ4n) is 0.916. The van der Waals surface area contributed by atoms with Crippen molar-refractivity contribution in [1.82, 2.24) is 5.32 Å². The van der Waals surface area contributed by atoms with Crippen LogP contribution < -0.4 is 5.32 Å². The van der Waals surface area contributed by atoms with Crippen molar-refractivity contribution in [1.29, 1.82) is 0 Å². The van der Waals surface area contributed by atoms with E-state index in [2.05, 4.69) is 39.7 Å². The molecule has 0 heterocycles. The summed E-state index contributed by atoms with van der Waals surface area (Å²) in [4.78, 5) is 0. The third-order valence-electron chi connectivity index (χ3n) is 1.58. The van der Waals surface area contributed by atoms with Crippen LogP contribution in [0.1, 0.15) is 5.56 Å². The van der Waals surface area contributed by atoms with E-state index in [0.29, 0.717) is 6.54 Å². The molecule has 0 aliphatic rings. The first-order chi connectivity index (χ1) is 6.83. The first-order valence-electron chi connectivity index (χ1n) is 4.39. The SMILES string of the molecule is C=CCNCC#Cc1ccc(Br)cc1. The van der Waals surface area contributed by atoms with Gasteiger partial charge in [0, 0.05) is 16.6 Å². The first kappa shape index (κ1) is 11.0. The quantitative estimate of drug-likeness (QED) is 0.494. The average Bonchev–Trinajstić information content (AvgIpc) is 2.21. The third kappa shape index (κ3) is 4.27. The summed E-state index contributed by atoms with van der Waals surface area (Å²) in [7, 11) is 0. The second kappa shape index (κ2) is 6.42. The van der Waals surface area contributed by atoms with E-state index >= 15 is 0 Å². The molecule has 72 valence electrons. The Balaban J connectivity index is 2.43. The highest BCUT2D eigenvalue weighted by Gasteiger charge is 1.85. The van der Waals surface area contributed by atoms with Crippen LogP contribution >= 0.6 is 15.9 Å². The van der Waals surface area contributed by atoms with Gasteiger partial charge in [-0.05, 0) is 24.3 Å². The summed E-state index contributed by atoms with van der Waals surface area (Å²) in [6.07, 6.45) is 1.82. The number of hydrogen-bond donors (Lipinski definition) is 1. The van der Waals surface area contributed by atoms with Crippen LogP contribution in [0.2, 0.25) is 0 Å². The van der Waals surface area contributed by atoms with E-state index in [-0.39, 0.29) is 0 Å². The summed E-state index contributed by atoms with van der Waals surface area (Å²) in [6.45, 7) is 5.11. The normalized spacial score (nSPS) is 8.93. The summed E-state index contributed by atoms with van der Waals surface area (Å²) < 4.78 is 1.08. The Kier molecular flexibility index (Phi) is 5.06. The van der Waals surface area contributed by atoms with Crippen molar-refractivity contribution in [3.8, 4) is 11.8 Å². The van der Waals surface area contributed by atoms with Gasteiger partial charge in [0.2, 0.25) is 0 Å². The van der Waals surface area contributed by atoms with E-state index in [1.807, 2.05) is 30.3 Å². The van der Waals surface area contributed by atoms with Crippen LogP contribution in [0.3, 0.4) is 0 Å². The molecule has 0 unspecified atom stereocenters. The topological polar surface area (TPSA) is 12.0 Å². The summed E-state index contributed by atoms with van der Waals surface area (Å²) in [5.74, 6) is 6.09. The van der Waals surface area contributed by atoms with Crippen molar-refractivity contribution in [3.63, 3.8) is 0 Å². The fraction of sp³-hybridized carbons (Fsp3) is 0.167. The standard InChI is InChI=1S/C12H12BrN/c1-2-9-14-10-3-4-11-5-7-12(13)8-6-11/h2,5-8,14H,1,9-10H2. The Hall–Kier alpha value is -1.04. The van der Waals surface area contributed by atoms with Gasteiger partial charge in [0.1, 0.15) is 0 Å². The predicted molar refractivity (Wildman–Crippen MR) is 64.1 cm³/mol. The molecule has 0 spiro atoms. The minimum Gasteiger partial charge on any atom is -0.303 e. The molecule has 0 amide bonds.